The Bertz CT molecular complexity index is 638. The number of rotatable bonds is 2. The fraction of sp³-hybridized carbons (Fsp3) is 0.500. The van der Waals surface area contributed by atoms with Crippen molar-refractivity contribution in [2.24, 2.45) is 5.92 Å². The van der Waals surface area contributed by atoms with Crippen LogP contribution in [0.3, 0.4) is 0 Å². The molecule has 1 aliphatic rings. The van der Waals surface area contributed by atoms with E-state index < -0.39 is 34.3 Å². The van der Waals surface area contributed by atoms with Gasteiger partial charge in [0.2, 0.25) is 5.91 Å². The van der Waals surface area contributed by atoms with Crippen LogP contribution in [-0.2, 0) is 9.53 Å². The highest BCUT2D eigenvalue weighted by molar-refractivity contribution is 6.31. The van der Waals surface area contributed by atoms with Crippen LogP contribution < -0.4 is 5.32 Å². The molecule has 1 aromatic carbocycles. The maximum atomic E-state index is 13.3. The monoisotopic (exact) mass is 360 g/mol. The van der Waals surface area contributed by atoms with Crippen molar-refractivity contribution in [1.82, 2.24) is 4.90 Å². The van der Waals surface area contributed by atoms with Gasteiger partial charge in [-0.2, -0.15) is 0 Å². The van der Waals surface area contributed by atoms with Crippen LogP contribution in [0.4, 0.5) is 19.3 Å². The van der Waals surface area contributed by atoms with Crippen LogP contribution >= 0.6 is 11.6 Å². The number of carbonyl (C=O) groups excluding carboxylic acids is 2. The number of hydrogen-bond acceptors (Lipinski definition) is 3. The molecule has 132 valence electrons. The van der Waals surface area contributed by atoms with Crippen molar-refractivity contribution in [3.05, 3.63) is 28.8 Å². The summed E-state index contributed by atoms with van der Waals surface area (Å²) in [4.78, 5) is 25.7. The SMILES string of the molecule is CC(C)(C)OC(=O)N1CC[C@H](C(=O)Nc2cc(F)c(F)c(Cl)c2)C1. The van der Waals surface area contributed by atoms with Gasteiger partial charge in [-0.3, -0.25) is 4.79 Å². The number of benzene rings is 1. The molecule has 2 amide bonds. The normalized spacial score (nSPS) is 17.8. The molecular formula is C16H19ClF2N2O3. The Morgan fingerprint density at radius 1 is 1.33 bits per heavy atom. The number of amides is 2. The van der Waals surface area contributed by atoms with E-state index in [1.165, 1.54) is 4.90 Å². The van der Waals surface area contributed by atoms with Crippen molar-refractivity contribution >= 4 is 29.3 Å². The number of likely N-dealkylation sites (tertiary alicyclic amines) is 1. The van der Waals surface area contributed by atoms with Gasteiger partial charge in [0.1, 0.15) is 5.60 Å². The summed E-state index contributed by atoms with van der Waals surface area (Å²) in [5, 5.41) is 2.08. The summed E-state index contributed by atoms with van der Waals surface area (Å²) in [6, 6.07) is 2.00. The third kappa shape index (κ3) is 4.56. The minimum Gasteiger partial charge on any atom is -0.444 e. The van der Waals surface area contributed by atoms with Gasteiger partial charge in [0.15, 0.2) is 11.6 Å². The van der Waals surface area contributed by atoms with E-state index in [1.54, 1.807) is 20.8 Å². The van der Waals surface area contributed by atoms with E-state index in [0.29, 0.717) is 13.0 Å². The van der Waals surface area contributed by atoms with Crippen molar-refractivity contribution in [2.45, 2.75) is 32.8 Å². The van der Waals surface area contributed by atoms with Crippen molar-refractivity contribution < 1.29 is 23.1 Å². The van der Waals surface area contributed by atoms with Crippen LogP contribution in [0, 0.1) is 17.6 Å². The number of hydrogen-bond donors (Lipinski definition) is 1. The number of nitrogens with one attached hydrogen (secondary N) is 1. The Labute approximate surface area is 143 Å². The van der Waals surface area contributed by atoms with E-state index in [-0.39, 0.29) is 18.1 Å². The smallest absolute Gasteiger partial charge is 0.410 e. The highest BCUT2D eigenvalue weighted by atomic mass is 35.5. The lowest BCUT2D eigenvalue weighted by molar-refractivity contribution is -0.119. The van der Waals surface area contributed by atoms with Crippen LogP contribution in [0.25, 0.3) is 0 Å². The summed E-state index contributed by atoms with van der Waals surface area (Å²) < 4.78 is 31.7. The molecule has 0 bridgehead atoms. The van der Waals surface area contributed by atoms with Crippen molar-refractivity contribution in [3.8, 4) is 0 Å². The second kappa shape index (κ2) is 6.93. The molecule has 24 heavy (non-hydrogen) atoms. The predicted molar refractivity (Wildman–Crippen MR) is 85.9 cm³/mol. The predicted octanol–water partition coefficient (Wildman–Crippen LogP) is 3.81. The van der Waals surface area contributed by atoms with E-state index >= 15 is 0 Å². The van der Waals surface area contributed by atoms with Crippen LogP contribution in [0.5, 0.6) is 0 Å². The van der Waals surface area contributed by atoms with Gasteiger partial charge in [-0.05, 0) is 33.3 Å². The molecule has 0 aliphatic carbocycles. The summed E-state index contributed by atoms with van der Waals surface area (Å²) >= 11 is 5.55. The molecule has 1 aromatic rings. The van der Waals surface area contributed by atoms with Crippen LogP contribution in [0.1, 0.15) is 27.2 Å². The Kier molecular flexibility index (Phi) is 5.32. The molecule has 1 aliphatic heterocycles. The third-order valence-electron chi connectivity index (χ3n) is 3.46. The fourth-order valence-electron chi connectivity index (χ4n) is 2.34. The zero-order valence-electron chi connectivity index (χ0n) is 13.7. The van der Waals surface area contributed by atoms with Crippen LogP contribution in [0.2, 0.25) is 5.02 Å². The number of nitrogens with zero attached hydrogens (tertiary/aromatic N) is 1. The second-order valence-corrected chi connectivity index (χ2v) is 7.06. The molecule has 0 saturated carbocycles. The van der Waals surface area contributed by atoms with Gasteiger partial charge < -0.3 is 15.0 Å². The summed E-state index contributed by atoms with van der Waals surface area (Å²) in [6.45, 7) is 5.89. The van der Waals surface area contributed by atoms with Crippen molar-refractivity contribution in [3.63, 3.8) is 0 Å². The molecule has 0 unspecified atom stereocenters. The summed E-state index contributed by atoms with van der Waals surface area (Å²) in [6.07, 6.45) is -0.0173. The van der Waals surface area contributed by atoms with Crippen molar-refractivity contribution in [2.75, 3.05) is 18.4 Å². The van der Waals surface area contributed by atoms with Gasteiger partial charge in [0.25, 0.3) is 0 Å². The van der Waals surface area contributed by atoms with E-state index in [9.17, 15) is 18.4 Å². The average Bonchev–Trinajstić information content (AvgIpc) is 2.92. The van der Waals surface area contributed by atoms with E-state index in [4.69, 9.17) is 16.3 Å². The molecule has 0 radical (unpaired) electrons. The Hall–Kier alpha value is -1.89. The van der Waals surface area contributed by atoms with Gasteiger partial charge in [0.05, 0.1) is 10.9 Å². The van der Waals surface area contributed by atoms with Crippen LogP contribution in [-0.4, -0.2) is 35.6 Å². The molecule has 2 rings (SSSR count). The number of halogens is 3. The highest BCUT2D eigenvalue weighted by Crippen LogP contribution is 2.25. The number of carbonyl (C=O) groups is 2. The summed E-state index contributed by atoms with van der Waals surface area (Å²) in [7, 11) is 0. The molecule has 1 heterocycles. The van der Waals surface area contributed by atoms with Gasteiger partial charge >= 0.3 is 6.09 Å². The quantitative estimate of drug-likeness (QED) is 0.816. The molecule has 0 aromatic heterocycles. The van der Waals surface area contributed by atoms with Crippen LogP contribution in [0.15, 0.2) is 12.1 Å². The van der Waals surface area contributed by atoms with Gasteiger partial charge in [0, 0.05) is 24.8 Å². The van der Waals surface area contributed by atoms with Crippen molar-refractivity contribution in [1.29, 1.82) is 0 Å². The minimum absolute atomic E-state index is 0.0691. The second-order valence-electron chi connectivity index (χ2n) is 6.66. The van der Waals surface area contributed by atoms with E-state index in [1.807, 2.05) is 0 Å². The largest absolute Gasteiger partial charge is 0.444 e. The topological polar surface area (TPSA) is 58.6 Å². The third-order valence-corrected chi connectivity index (χ3v) is 3.74. The van der Waals surface area contributed by atoms with Gasteiger partial charge in [-0.15, -0.1) is 0 Å². The lowest BCUT2D eigenvalue weighted by Gasteiger charge is -2.24. The summed E-state index contributed by atoms with van der Waals surface area (Å²) in [5.41, 5.74) is -0.542. The first kappa shape index (κ1) is 18.4. The molecule has 0 spiro atoms. The Morgan fingerprint density at radius 3 is 2.58 bits per heavy atom. The minimum atomic E-state index is -1.16. The number of ether oxygens (including phenoxy) is 1. The summed E-state index contributed by atoms with van der Waals surface area (Å²) in [5.74, 6) is -3.14. The molecule has 8 heteroatoms. The molecule has 1 atom stereocenters. The lowest BCUT2D eigenvalue weighted by Crippen LogP contribution is -2.36. The lowest BCUT2D eigenvalue weighted by atomic mass is 10.1. The first-order valence-corrected chi connectivity index (χ1v) is 7.88. The molecule has 5 nitrogen and oxygen atoms in total. The van der Waals surface area contributed by atoms with E-state index in [0.717, 1.165) is 12.1 Å². The molecular weight excluding hydrogens is 342 g/mol. The average molecular weight is 361 g/mol. The maximum absolute atomic E-state index is 13.3. The zero-order chi connectivity index (χ0) is 18.1. The first-order valence-electron chi connectivity index (χ1n) is 7.50. The molecule has 1 saturated heterocycles. The van der Waals surface area contributed by atoms with Gasteiger partial charge in [-0.1, -0.05) is 11.6 Å². The van der Waals surface area contributed by atoms with Gasteiger partial charge in [-0.25, -0.2) is 13.6 Å². The maximum Gasteiger partial charge on any atom is 0.410 e. The molecule has 1 fully saturated rings. The Morgan fingerprint density at radius 2 is 2.00 bits per heavy atom. The zero-order valence-corrected chi connectivity index (χ0v) is 14.4. The fourth-order valence-corrected chi connectivity index (χ4v) is 2.55. The van der Waals surface area contributed by atoms with E-state index in [2.05, 4.69) is 5.32 Å². The molecule has 1 N–H and O–H groups in total. The first-order chi connectivity index (χ1) is 11.1. The standard InChI is InChI=1S/C16H19ClF2N2O3/c1-16(2,3)24-15(23)21-5-4-9(8-21)14(22)20-10-6-11(17)13(19)12(18)7-10/h6-7,9H,4-5,8H2,1-3H3,(H,20,22)/t9-/m0/s1. The highest BCUT2D eigenvalue weighted by Gasteiger charge is 2.33. The Balaban J connectivity index is 1.96. The number of anilines is 1.